The summed E-state index contributed by atoms with van der Waals surface area (Å²) in [5, 5.41) is 4.49. The zero-order valence-electron chi connectivity index (χ0n) is 8.48. The molecule has 2 nitrogen and oxygen atoms in total. The van der Waals surface area contributed by atoms with Crippen molar-refractivity contribution in [3.05, 3.63) is 0 Å². The van der Waals surface area contributed by atoms with E-state index in [2.05, 4.69) is 42.0 Å². The van der Waals surface area contributed by atoms with E-state index in [1.54, 1.807) is 7.11 Å². The lowest BCUT2D eigenvalue weighted by Gasteiger charge is -2.27. The number of hydrogen-bond acceptors (Lipinski definition) is 2. The average molecular weight is 238 g/mol. The van der Waals surface area contributed by atoms with Gasteiger partial charge in [-0.1, -0.05) is 15.9 Å². The largest absolute Gasteiger partial charge is 0.380 e. The molecule has 0 spiro atoms. The number of methoxy groups -OCH3 is 1. The van der Waals surface area contributed by atoms with Gasteiger partial charge in [0, 0.05) is 24.5 Å². The molecule has 0 aliphatic rings. The summed E-state index contributed by atoms with van der Waals surface area (Å²) < 4.78 is 5.15. The first-order valence-electron chi connectivity index (χ1n) is 4.35. The van der Waals surface area contributed by atoms with Gasteiger partial charge in [0.15, 0.2) is 0 Å². The molecule has 3 heteroatoms. The molecule has 0 bridgehead atoms. The second-order valence-corrected chi connectivity index (χ2v) is 4.54. The van der Waals surface area contributed by atoms with Gasteiger partial charge in [-0.05, 0) is 27.2 Å². The minimum atomic E-state index is 0.205. The van der Waals surface area contributed by atoms with Crippen molar-refractivity contribution < 1.29 is 4.74 Å². The van der Waals surface area contributed by atoms with Gasteiger partial charge in [0.1, 0.15) is 0 Å². The Hall–Kier alpha value is 0.400. The predicted octanol–water partition coefficient (Wildman–Crippen LogP) is 2.17. The van der Waals surface area contributed by atoms with Gasteiger partial charge in [0.05, 0.1) is 6.10 Å². The molecule has 0 saturated heterocycles. The first-order chi connectivity index (χ1) is 5.52. The van der Waals surface area contributed by atoms with Crippen LogP contribution in [0, 0.1) is 0 Å². The summed E-state index contributed by atoms with van der Waals surface area (Å²) in [6.07, 6.45) is 1.42. The molecular weight excluding hydrogens is 218 g/mol. The molecule has 0 aromatic heterocycles. The van der Waals surface area contributed by atoms with Gasteiger partial charge in [0.2, 0.25) is 0 Å². The predicted molar refractivity (Wildman–Crippen MR) is 57.0 cm³/mol. The molecular formula is C9H20BrNO. The van der Waals surface area contributed by atoms with E-state index in [1.807, 2.05) is 0 Å². The van der Waals surface area contributed by atoms with E-state index in [9.17, 15) is 0 Å². The lowest BCUT2D eigenvalue weighted by atomic mass is 10.0. The monoisotopic (exact) mass is 237 g/mol. The Bertz CT molecular complexity index is 117. The van der Waals surface area contributed by atoms with Crippen molar-refractivity contribution in [2.45, 2.75) is 38.8 Å². The van der Waals surface area contributed by atoms with E-state index in [0.717, 1.165) is 18.3 Å². The van der Waals surface area contributed by atoms with Crippen LogP contribution < -0.4 is 5.32 Å². The molecule has 1 N–H and O–H groups in total. The topological polar surface area (TPSA) is 21.3 Å². The fourth-order valence-electron chi connectivity index (χ4n) is 0.828. The first-order valence-corrected chi connectivity index (χ1v) is 5.48. The minimum Gasteiger partial charge on any atom is -0.380 e. The highest BCUT2D eigenvalue weighted by atomic mass is 79.9. The summed E-state index contributed by atoms with van der Waals surface area (Å²) in [5.41, 5.74) is 0.205. The molecule has 0 rings (SSSR count). The third-order valence-corrected chi connectivity index (χ3v) is 2.39. The van der Waals surface area contributed by atoms with E-state index in [-0.39, 0.29) is 5.54 Å². The molecule has 1 atom stereocenters. The zero-order valence-corrected chi connectivity index (χ0v) is 10.1. The molecule has 0 aliphatic heterocycles. The van der Waals surface area contributed by atoms with E-state index in [4.69, 9.17) is 4.74 Å². The van der Waals surface area contributed by atoms with E-state index >= 15 is 0 Å². The fourth-order valence-corrected chi connectivity index (χ4v) is 1.82. The smallest absolute Gasteiger partial charge is 0.0667 e. The molecule has 1 unspecified atom stereocenters. The summed E-state index contributed by atoms with van der Waals surface area (Å²) >= 11 is 3.44. The van der Waals surface area contributed by atoms with Gasteiger partial charge in [-0.2, -0.15) is 0 Å². The number of halogens is 1. The van der Waals surface area contributed by atoms with Gasteiger partial charge in [-0.15, -0.1) is 0 Å². The van der Waals surface area contributed by atoms with Crippen LogP contribution in [0.5, 0.6) is 0 Å². The summed E-state index contributed by atoms with van der Waals surface area (Å²) in [6.45, 7) is 7.39. The van der Waals surface area contributed by atoms with Crippen LogP contribution in [0.3, 0.4) is 0 Å². The van der Waals surface area contributed by atoms with Crippen LogP contribution in [-0.2, 0) is 4.74 Å². The summed E-state index contributed by atoms with van der Waals surface area (Å²) in [4.78, 5) is 0. The SMILES string of the molecule is COC(C)CNC(C)(C)CCBr. The summed E-state index contributed by atoms with van der Waals surface area (Å²) in [5.74, 6) is 0. The maximum Gasteiger partial charge on any atom is 0.0667 e. The van der Waals surface area contributed by atoms with E-state index < -0.39 is 0 Å². The Morgan fingerprint density at radius 2 is 2.08 bits per heavy atom. The van der Waals surface area contributed by atoms with Crippen molar-refractivity contribution in [3.8, 4) is 0 Å². The number of alkyl halides is 1. The molecule has 12 heavy (non-hydrogen) atoms. The lowest BCUT2D eigenvalue weighted by molar-refractivity contribution is 0.109. The molecule has 0 amide bonds. The first kappa shape index (κ1) is 12.4. The van der Waals surface area contributed by atoms with Crippen LogP contribution in [0.4, 0.5) is 0 Å². The van der Waals surface area contributed by atoms with Crippen LogP contribution in [0.2, 0.25) is 0 Å². The zero-order chi connectivity index (χ0) is 9.61. The third-order valence-electron chi connectivity index (χ3n) is 1.99. The van der Waals surface area contributed by atoms with Crippen molar-refractivity contribution in [2.75, 3.05) is 19.0 Å². The normalized spacial score (nSPS) is 14.8. The maximum atomic E-state index is 5.15. The van der Waals surface area contributed by atoms with Crippen molar-refractivity contribution in [1.82, 2.24) is 5.32 Å². The molecule has 0 saturated carbocycles. The molecule has 0 aromatic rings. The Labute approximate surface area is 84.2 Å². The average Bonchev–Trinajstić information content (AvgIpc) is 2.00. The highest BCUT2D eigenvalue weighted by molar-refractivity contribution is 9.09. The molecule has 0 aromatic carbocycles. The Morgan fingerprint density at radius 1 is 1.50 bits per heavy atom. The number of ether oxygens (including phenoxy) is 1. The highest BCUT2D eigenvalue weighted by Crippen LogP contribution is 2.09. The maximum absolute atomic E-state index is 5.15. The number of hydrogen-bond donors (Lipinski definition) is 1. The summed E-state index contributed by atoms with van der Waals surface area (Å²) in [7, 11) is 1.74. The number of rotatable bonds is 6. The van der Waals surface area contributed by atoms with Crippen molar-refractivity contribution in [2.24, 2.45) is 0 Å². The van der Waals surface area contributed by atoms with Crippen LogP contribution in [0.1, 0.15) is 27.2 Å². The van der Waals surface area contributed by atoms with Gasteiger partial charge in [-0.25, -0.2) is 0 Å². The molecule has 74 valence electrons. The van der Waals surface area contributed by atoms with E-state index in [1.165, 1.54) is 0 Å². The van der Waals surface area contributed by atoms with Crippen LogP contribution in [-0.4, -0.2) is 30.6 Å². The second-order valence-electron chi connectivity index (χ2n) is 3.75. The molecule has 0 heterocycles. The minimum absolute atomic E-state index is 0.205. The van der Waals surface area contributed by atoms with Crippen molar-refractivity contribution in [3.63, 3.8) is 0 Å². The molecule has 0 fully saturated rings. The Morgan fingerprint density at radius 3 is 2.50 bits per heavy atom. The quantitative estimate of drug-likeness (QED) is 0.716. The fraction of sp³-hybridized carbons (Fsp3) is 1.00. The van der Waals surface area contributed by atoms with Crippen LogP contribution in [0.25, 0.3) is 0 Å². The summed E-state index contributed by atoms with van der Waals surface area (Å²) in [6, 6.07) is 0. The molecule has 0 aliphatic carbocycles. The highest BCUT2D eigenvalue weighted by Gasteiger charge is 2.16. The van der Waals surface area contributed by atoms with Gasteiger partial charge >= 0.3 is 0 Å². The van der Waals surface area contributed by atoms with Gasteiger partial charge in [0.25, 0.3) is 0 Å². The standard InChI is InChI=1S/C9H20BrNO/c1-8(12-4)7-11-9(2,3)5-6-10/h8,11H,5-7H2,1-4H3. The molecule has 0 radical (unpaired) electrons. The van der Waals surface area contributed by atoms with Crippen LogP contribution >= 0.6 is 15.9 Å². The van der Waals surface area contributed by atoms with Crippen molar-refractivity contribution in [1.29, 1.82) is 0 Å². The number of nitrogens with one attached hydrogen (secondary N) is 1. The van der Waals surface area contributed by atoms with Gasteiger partial charge in [-0.3, -0.25) is 0 Å². The second kappa shape index (κ2) is 5.95. The Balaban J connectivity index is 3.59. The third kappa shape index (κ3) is 5.98. The van der Waals surface area contributed by atoms with E-state index in [0.29, 0.717) is 6.10 Å². The van der Waals surface area contributed by atoms with Crippen molar-refractivity contribution >= 4 is 15.9 Å². The van der Waals surface area contributed by atoms with Gasteiger partial charge < -0.3 is 10.1 Å². The Kier molecular flexibility index (Phi) is 6.14. The van der Waals surface area contributed by atoms with Crippen LogP contribution in [0.15, 0.2) is 0 Å². The lowest BCUT2D eigenvalue weighted by Crippen LogP contribution is -2.43.